The molecule has 1 aromatic heterocycles. The Bertz CT molecular complexity index is 1080. The minimum atomic E-state index is -0.281. The number of nitrogens with one attached hydrogen (secondary N) is 1. The molecule has 0 atom stereocenters. The maximum atomic E-state index is 13.2. The van der Waals surface area contributed by atoms with Crippen molar-refractivity contribution >= 4 is 17.1 Å². The van der Waals surface area contributed by atoms with Crippen molar-refractivity contribution < 1.29 is 9.18 Å². The van der Waals surface area contributed by atoms with E-state index in [1.54, 1.807) is 0 Å². The Morgan fingerprint density at radius 3 is 2.59 bits per heavy atom. The van der Waals surface area contributed by atoms with Gasteiger partial charge in [-0.1, -0.05) is 25.1 Å². The summed E-state index contributed by atoms with van der Waals surface area (Å²) in [5.74, 6) is 1.01. The Kier molecular flexibility index (Phi) is 6.77. The molecule has 0 unspecified atom stereocenters. The number of imidazole rings is 1. The minimum Gasteiger partial charge on any atom is -0.342 e. The third-order valence-corrected chi connectivity index (χ3v) is 6.51. The Hall–Kier alpha value is -2.89. The Morgan fingerprint density at radius 1 is 1.16 bits per heavy atom. The van der Waals surface area contributed by atoms with Gasteiger partial charge >= 0.3 is 6.03 Å². The summed E-state index contributed by atoms with van der Waals surface area (Å²) in [5, 5.41) is 0. The third-order valence-electron chi connectivity index (χ3n) is 6.51. The molecule has 1 aliphatic rings. The van der Waals surface area contributed by atoms with Crippen LogP contribution in [0, 0.1) is 19.8 Å². The number of fused-ring (bicyclic) bond motifs is 1. The number of halogens is 1. The van der Waals surface area contributed by atoms with Gasteiger partial charge in [0.2, 0.25) is 0 Å². The predicted molar refractivity (Wildman–Crippen MR) is 127 cm³/mol. The first-order valence-electron chi connectivity index (χ1n) is 11.6. The molecular weight excluding hydrogens is 403 g/mol. The van der Waals surface area contributed by atoms with Crippen molar-refractivity contribution in [3.05, 3.63) is 53.3 Å². The van der Waals surface area contributed by atoms with Crippen LogP contribution in [0.2, 0.25) is 0 Å². The smallest absolute Gasteiger partial charge is 0.320 e. The molecule has 0 saturated carbocycles. The zero-order chi connectivity index (χ0) is 22.7. The lowest BCUT2D eigenvalue weighted by Gasteiger charge is -2.35. The van der Waals surface area contributed by atoms with Crippen molar-refractivity contribution in [3.63, 3.8) is 0 Å². The molecule has 0 spiro atoms. The molecule has 3 aromatic rings. The van der Waals surface area contributed by atoms with Gasteiger partial charge in [0.15, 0.2) is 0 Å². The lowest BCUT2D eigenvalue weighted by Crippen LogP contribution is -2.47. The molecule has 32 heavy (non-hydrogen) atoms. The minimum absolute atomic E-state index is 0.0725. The number of carbonyl (C=O) groups is 1. The van der Waals surface area contributed by atoms with Gasteiger partial charge in [-0.2, -0.15) is 0 Å². The highest BCUT2D eigenvalue weighted by atomic mass is 19.1. The van der Waals surface area contributed by atoms with Gasteiger partial charge in [-0.3, -0.25) is 4.39 Å². The van der Waals surface area contributed by atoms with Crippen molar-refractivity contribution in [1.82, 2.24) is 19.8 Å². The largest absolute Gasteiger partial charge is 0.342 e. The number of aryl methyl sites for hydroxylation is 2. The maximum absolute atomic E-state index is 13.2. The molecular formula is C26H33FN4O. The van der Waals surface area contributed by atoms with E-state index in [2.05, 4.69) is 54.1 Å². The number of hydrogen-bond donors (Lipinski definition) is 1. The summed E-state index contributed by atoms with van der Waals surface area (Å²) < 4.78 is 13.0. The van der Waals surface area contributed by atoms with Crippen LogP contribution >= 0.6 is 0 Å². The van der Waals surface area contributed by atoms with E-state index in [1.807, 2.05) is 22.8 Å². The number of aromatic nitrogens is 2. The number of aromatic amines is 1. The molecule has 5 nitrogen and oxygen atoms in total. The van der Waals surface area contributed by atoms with Crippen LogP contribution in [0.4, 0.5) is 9.18 Å². The normalized spacial score (nSPS) is 14.8. The van der Waals surface area contributed by atoms with Gasteiger partial charge in [0, 0.05) is 26.2 Å². The summed E-state index contributed by atoms with van der Waals surface area (Å²) in [6, 6.07) is 12.8. The summed E-state index contributed by atoms with van der Waals surface area (Å²) in [7, 11) is 0. The number of benzene rings is 2. The van der Waals surface area contributed by atoms with Crippen LogP contribution in [-0.2, 0) is 6.54 Å². The molecule has 2 heterocycles. The van der Waals surface area contributed by atoms with Gasteiger partial charge in [0.1, 0.15) is 5.82 Å². The standard InChI is InChI=1S/C26H33FN4O/c1-4-11-31(26(32)30-12-9-20(16-27)10-13-30)17-23-14-21(6-5-18(23)2)22-7-8-24-25(15-22)29-19(3)28-24/h5-8,14-15,20H,4,9-13,16-17H2,1-3H3,(H,28,29). The van der Waals surface area contributed by atoms with E-state index in [0.717, 1.165) is 52.8 Å². The summed E-state index contributed by atoms with van der Waals surface area (Å²) in [5.41, 5.74) is 6.59. The van der Waals surface area contributed by atoms with Crippen LogP contribution in [0.15, 0.2) is 36.4 Å². The van der Waals surface area contributed by atoms with Crippen molar-refractivity contribution in [2.24, 2.45) is 5.92 Å². The Balaban J connectivity index is 1.55. The van der Waals surface area contributed by atoms with Crippen LogP contribution < -0.4 is 0 Å². The van der Waals surface area contributed by atoms with Gasteiger partial charge in [-0.05, 0) is 79.5 Å². The molecule has 1 fully saturated rings. The molecule has 0 aliphatic carbocycles. The number of nitrogens with zero attached hydrogens (tertiary/aromatic N) is 3. The molecule has 6 heteroatoms. The SMILES string of the molecule is CCCN(Cc1cc(-c2ccc3nc(C)[nH]c3c2)ccc1C)C(=O)N1CCC(CF)CC1. The summed E-state index contributed by atoms with van der Waals surface area (Å²) in [6.45, 7) is 8.47. The number of likely N-dealkylation sites (tertiary alicyclic amines) is 1. The molecule has 1 saturated heterocycles. The number of urea groups is 1. The highest BCUT2D eigenvalue weighted by Gasteiger charge is 2.26. The highest BCUT2D eigenvalue weighted by molar-refractivity contribution is 5.82. The number of carbonyl (C=O) groups excluding carboxylic acids is 1. The zero-order valence-electron chi connectivity index (χ0n) is 19.3. The first-order valence-corrected chi connectivity index (χ1v) is 11.6. The molecule has 4 rings (SSSR count). The average Bonchev–Trinajstić information content (AvgIpc) is 3.19. The van der Waals surface area contributed by atoms with Gasteiger partial charge in [0.25, 0.3) is 0 Å². The third kappa shape index (κ3) is 4.79. The first kappa shape index (κ1) is 22.3. The fourth-order valence-electron chi connectivity index (χ4n) is 4.53. The predicted octanol–water partition coefficient (Wildman–Crippen LogP) is 5.86. The lowest BCUT2D eigenvalue weighted by molar-refractivity contribution is 0.124. The van der Waals surface area contributed by atoms with E-state index in [-0.39, 0.29) is 18.6 Å². The second-order valence-corrected chi connectivity index (χ2v) is 8.98. The monoisotopic (exact) mass is 436 g/mol. The van der Waals surface area contributed by atoms with Crippen molar-refractivity contribution in [1.29, 1.82) is 0 Å². The number of piperidine rings is 1. The van der Waals surface area contributed by atoms with Crippen LogP contribution in [0.25, 0.3) is 22.2 Å². The number of H-pyrrole nitrogens is 1. The van der Waals surface area contributed by atoms with E-state index in [1.165, 1.54) is 5.56 Å². The fraction of sp³-hybridized carbons (Fsp3) is 0.462. The molecule has 170 valence electrons. The van der Waals surface area contributed by atoms with E-state index < -0.39 is 0 Å². The number of amides is 2. The van der Waals surface area contributed by atoms with Gasteiger partial charge < -0.3 is 14.8 Å². The second kappa shape index (κ2) is 9.72. The molecule has 0 radical (unpaired) electrons. The molecule has 0 bridgehead atoms. The van der Waals surface area contributed by atoms with E-state index in [4.69, 9.17) is 0 Å². The number of alkyl halides is 1. The van der Waals surface area contributed by atoms with E-state index in [0.29, 0.717) is 26.2 Å². The number of rotatable bonds is 6. The summed E-state index contributed by atoms with van der Waals surface area (Å²) in [6.07, 6.45) is 2.42. The van der Waals surface area contributed by atoms with E-state index >= 15 is 0 Å². The Labute approximate surface area is 189 Å². The average molecular weight is 437 g/mol. The van der Waals surface area contributed by atoms with Crippen molar-refractivity contribution in [2.45, 2.75) is 46.6 Å². The van der Waals surface area contributed by atoms with Gasteiger partial charge in [-0.25, -0.2) is 9.78 Å². The van der Waals surface area contributed by atoms with Crippen LogP contribution in [0.5, 0.6) is 0 Å². The van der Waals surface area contributed by atoms with E-state index in [9.17, 15) is 9.18 Å². The Morgan fingerprint density at radius 2 is 1.88 bits per heavy atom. The second-order valence-electron chi connectivity index (χ2n) is 8.98. The van der Waals surface area contributed by atoms with Crippen LogP contribution in [0.3, 0.4) is 0 Å². The zero-order valence-corrected chi connectivity index (χ0v) is 19.3. The maximum Gasteiger partial charge on any atom is 0.320 e. The van der Waals surface area contributed by atoms with Gasteiger partial charge in [0.05, 0.1) is 17.7 Å². The summed E-state index contributed by atoms with van der Waals surface area (Å²) in [4.78, 5) is 24.9. The highest BCUT2D eigenvalue weighted by Crippen LogP contribution is 2.27. The quantitative estimate of drug-likeness (QED) is 0.526. The number of hydrogen-bond acceptors (Lipinski definition) is 2. The van der Waals surface area contributed by atoms with Crippen LogP contribution in [-0.4, -0.2) is 52.1 Å². The molecule has 1 N–H and O–H groups in total. The fourth-order valence-corrected chi connectivity index (χ4v) is 4.53. The van der Waals surface area contributed by atoms with Gasteiger partial charge in [-0.15, -0.1) is 0 Å². The molecule has 2 amide bonds. The van der Waals surface area contributed by atoms with Crippen molar-refractivity contribution in [2.75, 3.05) is 26.3 Å². The van der Waals surface area contributed by atoms with Crippen molar-refractivity contribution in [3.8, 4) is 11.1 Å². The molecule has 2 aromatic carbocycles. The topological polar surface area (TPSA) is 52.2 Å². The first-order chi connectivity index (χ1) is 15.5. The molecule has 1 aliphatic heterocycles. The lowest BCUT2D eigenvalue weighted by atomic mass is 9.98. The summed E-state index contributed by atoms with van der Waals surface area (Å²) >= 11 is 0. The van der Waals surface area contributed by atoms with Crippen LogP contribution in [0.1, 0.15) is 43.1 Å².